The molecule has 5 heteroatoms. The molecule has 0 N–H and O–H groups in total. The zero-order valence-electron chi connectivity index (χ0n) is 16.6. The molecule has 0 aromatic heterocycles. The third-order valence-corrected chi connectivity index (χ3v) is 5.03. The highest BCUT2D eigenvalue weighted by Crippen LogP contribution is 2.24. The summed E-state index contributed by atoms with van der Waals surface area (Å²) in [4.78, 5) is 0. The molecule has 0 nitrogen and oxygen atoms in total. The first-order chi connectivity index (χ1) is 14.4. The highest BCUT2D eigenvalue weighted by Gasteiger charge is 2.14. The second kappa shape index (κ2) is 9.75. The van der Waals surface area contributed by atoms with Gasteiger partial charge >= 0.3 is 0 Å². The quantitative estimate of drug-likeness (QED) is 0.169. The van der Waals surface area contributed by atoms with Crippen molar-refractivity contribution in [2.45, 2.75) is 45.4 Å². The lowest BCUT2D eigenvalue weighted by Gasteiger charge is -2.06. The molecule has 3 rings (SSSR count). The molecule has 0 amide bonds. The molecule has 0 aliphatic rings. The van der Waals surface area contributed by atoms with Crippen molar-refractivity contribution in [2.24, 2.45) is 0 Å². The molecule has 0 atom stereocenters. The largest absolute Gasteiger partial charge is 0.204 e. The van der Waals surface area contributed by atoms with Gasteiger partial charge in [0.1, 0.15) is 0 Å². The second-order valence-electron chi connectivity index (χ2n) is 7.24. The molecule has 0 bridgehead atoms. The molecule has 3 aromatic carbocycles. The van der Waals surface area contributed by atoms with Gasteiger partial charge in [0.25, 0.3) is 0 Å². The van der Waals surface area contributed by atoms with Crippen LogP contribution in [0.4, 0.5) is 22.0 Å². The van der Waals surface area contributed by atoms with E-state index in [4.69, 9.17) is 0 Å². The Hall–Kier alpha value is -2.87. The van der Waals surface area contributed by atoms with E-state index in [1.165, 1.54) is 30.3 Å². The summed E-state index contributed by atoms with van der Waals surface area (Å²) in [6.45, 7) is 2.11. The Kier molecular flexibility index (Phi) is 7.10. The van der Waals surface area contributed by atoms with Crippen molar-refractivity contribution in [1.29, 1.82) is 0 Å². The van der Waals surface area contributed by atoms with Crippen molar-refractivity contribution in [1.82, 2.24) is 0 Å². The maximum atomic E-state index is 14.4. The number of benzene rings is 3. The lowest BCUT2D eigenvalue weighted by molar-refractivity contribution is 0.453. The van der Waals surface area contributed by atoms with Gasteiger partial charge in [-0.25, -0.2) is 22.0 Å². The first-order valence-corrected chi connectivity index (χ1v) is 9.98. The van der Waals surface area contributed by atoms with Crippen LogP contribution >= 0.6 is 0 Å². The van der Waals surface area contributed by atoms with E-state index in [9.17, 15) is 22.0 Å². The summed E-state index contributed by atoms with van der Waals surface area (Å²) in [6, 6.07) is 7.89. The van der Waals surface area contributed by atoms with E-state index in [0.717, 1.165) is 38.2 Å². The summed E-state index contributed by atoms with van der Waals surface area (Å²) in [7, 11) is 0. The van der Waals surface area contributed by atoms with E-state index in [2.05, 4.69) is 18.8 Å². The summed E-state index contributed by atoms with van der Waals surface area (Å²) in [5.41, 5.74) is 0.569. The third-order valence-electron chi connectivity index (χ3n) is 5.03. The molecular formula is C25H21F5. The fourth-order valence-electron chi connectivity index (χ4n) is 3.32. The zero-order chi connectivity index (χ0) is 21.7. The topological polar surface area (TPSA) is 0 Å². The number of fused-ring (bicyclic) bond motifs is 1. The Morgan fingerprint density at radius 2 is 1.47 bits per heavy atom. The van der Waals surface area contributed by atoms with Gasteiger partial charge in [-0.2, -0.15) is 0 Å². The minimum Gasteiger partial charge on any atom is -0.204 e. The molecule has 0 unspecified atom stereocenters. The molecule has 0 saturated carbocycles. The lowest BCUT2D eigenvalue weighted by Crippen LogP contribution is -1.98. The standard InChI is InChI=1S/C25H21F5/c1-2-3-4-5-6-7-17-11-12-18(23(28)22(17)27)10-8-16-9-13-20-19(14-16)15-21(26)25(30)24(20)29/h9,11-15H,2-7H2,1H3. The minimum atomic E-state index is -1.54. The first-order valence-electron chi connectivity index (χ1n) is 9.98. The fourth-order valence-corrected chi connectivity index (χ4v) is 3.32. The Morgan fingerprint density at radius 1 is 0.700 bits per heavy atom. The Labute approximate surface area is 172 Å². The fraction of sp³-hybridized carbons (Fsp3) is 0.280. The normalized spacial score (nSPS) is 10.9. The van der Waals surface area contributed by atoms with Gasteiger partial charge in [-0.15, -0.1) is 0 Å². The van der Waals surface area contributed by atoms with Crippen LogP contribution in [0.1, 0.15) is 55.7 Å². The smallest absolute Gasteiger partial charge is 0.195 e. The summed E-state index contributed by atoms with van der Waals surface area (Å²) >= 11 is 0. The minimum absolute atomic E-state index is 0.0834. The van der Waals surface area contributed by atoms with Crippen molar-refractivity contribution in [2.75, 3.05) is 0 Å². The van der Waals surface area contributed by atoms with Crippen molar-refractivity contribution < 1.29 is 22.0 Å². The van der Waals surface area contributed by atoms with Crippen LogP contribution in [0.15, 0.2) is 36.4 Å². The van der Waals surface area contributed by atoms with Crippen LogP contribution in [0.5, 0.6) is 0 Å². The van der Waals surface area contributed by atoms with Crippen LogP contribution in [0.2, 0.25) is 0 Å². The van der Waals surface area contributed by atoms with Crippen molar-refractivity contribution in [3.05, 3.63) is 82.2 Å². The molecule has 0 spiro atoms. The van der Waals surface area contributed by atoms with Crippen molar-refractivity contribution in [3.63, 3.8) is 0 Å². The molecule has 0 radical (unpaired) electrons. The molecule has 30 heavy (non-hydrogen) atoms. The molecule has 0 fully saturated rings. The van der Waals surface area contributed by atoms with Gasteiger partial charge in [0.2, 0.25) is 0 Å². The molecule has 0 saturated heterocycles. The van der Waals surface area contributed by atoms with E-state index in [1.54, 1.807) is 0 Å². The van der Waals surface area contributed by atoms with Gasteiger partial charge in [0.05, 0.1) is 5.56 Å². The van der Waals surface area contributed by atoms with Gasteiger partial charge in [-0.1, -0.05) is 56.6 Å². The van der Waals surface area contributed by atoms with Crippen LogP contribution in [0.25, 0.3) is 10.8 Å². The number of hydrogen-bond donors (Lipinski definition) is 0. The monoisotopic (exact) mass is 416 g/mol. The number of halogens is 5. The van der Waals surface area contributed by atoms with Gasteiger partial charge in [0, 0.05) is 10.9 Å². The van der Waals surface area contributed by atoms with E-state index in [0.29, 0.717) is 17.5 Å². The SMILES string of the molecule is CCCCCCCc1ccc(C#Cc2ccc3c(F)c(F)c(F)cc3c2)c(F)c1F. The Morgan fingerprint density at radius 3 is 2.23 bits per heavy atom. The van der Waals surface area contributed by atoms with Crippen molar-refractivity contribution >= 4 is 10.8 Å². The average Bonchev–Trinajstić information content (AvgIpc) is 2.74. The van der Waals surface area contributed by atoms with E-state index in [1.807, 2.05) is 0 Å². The molecular weight excluding hydrogens is 395 g/mol. The third kappa shape index (κ3) is 4.81. The summed E-state index contributed by atoms with van der Waals surface area (Å²) < 4.78 is 69.3. The van der Waals surface area contributed by atoms with Crippen LogP contribution in [0, 0.1) is 40.9 Å². The average molecular weight is 416 g/mol. The molecule has 156 valence electrons. The molecule has 0 aliphatic carbocycles. The first kappa shape index (κ1) is 21.8. The highest BCUT2D eigenvalue weighted by molar-refractivity contribution is 5.84. The maximum absolute atomic E-state index is 14.4. The van der Waals surface area contributed by atoms with E-state index < -0.39 is 29.1 Å². The zero-order valence-corrected chi connectivity index (χ0v) is 16.6. The summed E-state index contributed by atoms with van der Waals surface area (Å²) in [5.74, 6) is -0.789. The summed E-state index contributed by atoms with van der Waals surface area (Å²) in [5, 5.41) is 0.0447. The van der Waals surface area contributed by atoms with Crippen LogP contribution in [-0.2, 0) is 6.42 Å². The van der Waals surface area contributed by atoms with E-state index >= 15 is 0 Å². The van der Waals surface area contributed by atoms with Crippen LogP contribution in [-0.4, -0.2) is 0 Å². The van der Waals surface area contributed by atoms with Crippen LogP contribution < -0.4 is 0 Å². The number of rotatable bonds is 6. The second-order valence-corrected chi connectivity index (χ2v) is 7.24. The molecule has 0 aliphatic heterocycles. The van der Waals surface area contributed by atoms with Gasteiger partial charge < -0.3 is 0 Å². The van der Waals surface area contributed by atoms with Gasteiger partial charge in [0.15, 0.2) is 29.1 Å². The summed E-state index contributed by atoms with van der Waals surface area (Å²) in [6.07, 6.45) is 5.58. The predicted octanol–water partition coefficient (Wildman–Crippen LogP) is 7.45. The Balaban J connectivity index is 1.80. The number of aryl methyl sites for hydroxylation is 1. The predicted molar refractivity (Wildman–Crippen MR) is 109 cm³/mol. The van der Waals surface area contributed by atoms with Gasteiger partial charge in [-0.05, 0) is 48.1 Å². The highest BCUT2D eigenvalue weighted by atomic mass is 19.2. The molecule has 0 heterocycles. The number of unbranched alkanes of at least 4 members (excludes halogenated alkanes) is 4. The van der Waals surface area contributed by atoms with Gasteiger partial charge in [-0.3, -0.25) is 0 Å². The van der Waals surface area contributed by atoms with E-state index in [-0.39, 0.29) is 16.3 Å². The lowest BCUT2D eigenvalue weighted by atomic mass is 10.0. The van der Waals surface area contributed by atoms with Crippen molar-refractivity contribution in [3.8, 4) is 11.8 Å². The van der Waals surface area contributed by atoms with Crippen LogP contribution in [0.3, 0.4) is 0 Å². The molecule has 3 aromatic rings. The maximum Gasteiger partial charge on any atom is 0.195 e. The Bertz CT molecular complexity index is 1120. The number of hydrogen-bond acceptors (Lipinski definition) is 0.